The van der Waals surface area contributed by atoms with Crippen molar-refractivity contribution in [1.82, 2.24) is 14.9 Å². The van der Waals surface area contributed by atoms with Gasteiger partial charge in [0, 0.05) is 19.6 Å². The van der Waals surface area contributed by atoms with Crippen molar-refractivity contribution in [2.24, 2.45) is 0 Å². The van der Waals surface area contributed by atoms with E-state index in [0.717, 1.165) is 24.3 Å². The number of ether oxygens (including phenoxy) is 1. The molecule has 0 bridgehead atoms. The van der Waals surface area contributed by atoms with Crippen LogP contribution < -0.4 is 10.9 Å². The van der Waals surface area contributed by atoms with Gasteiger partial charge in [0.25, 0.3) is 5.56 Å². The molecule has 2 aromatic rings. The number of hydrogen-bond donors (Lipinski definition) is 1. The molecule has 22 heavy (non-hydrogen) atoms. The average molecular weight is 321 g/mol. The van der Waals surface area contributed by atoms with Gasteiger partial charge < -0.3 is 10.1 Å². The number of hydrogen-bond acceptors (Lipinski definition) is 5. The maximum Gasteiger partial charge on any atom is 0.262 e. The molecule has 0 saturated carbocycles. The van der Waals surface area contributed by atoms with E-state index in [1.54, 1.807) is 6.07 Å². The normalized spacial score (nSPS) is 19.4. The lowest BCUT2D eigenvalue weighted by Gasteiger charge is -2.20. The van der Waals surface area contributed by atoms with Gasteiger partial charge in [-0.3, -0.25) is 14.2 Å². The average Bonchev–Trinajstić information content (AvgIpc) is 3.18. The fourth-order valence-electron chi connectivity index (χ4n) is 2.69. The molecule has 0 aliphatic carbocycles. The highest BCUT2D eigenvalue weighted by Gasteiger charge is 2.23. The Morgan fingerprint density at radius 3 is 3.27 bits per heavy atom. The van der Waals surface area contributed by atoms with Crippen molar-refractivity contribution in [3.8, 4) is 0 Å². The number of rotatable bonds is 5. The van der Waals surface area contributed by atoms with Crippen LogP contribution in [-0.2, 0) is 16.1 Å². The maximum atomic E-state index is 12.2. The minimum atomic E-state index is -0.0915. The molecule has 3 heterocycles. The van der Waals surface area contributed by atoms with Crippen molar-refractivity contribution in [1.29, 1.82) is 0 Å². The van der Waals surface area contributed by atoms with Crippen LogP contribution in [0, 0.1) is 0 Å². The molecule has 0 aromatic carbocycles. The van der Waals surface area contributed by atoms with Crippen LogP contribution in [0.2, 0.25) is 0 Å². The molecule has 6 nitrogen and oxygen atoms in total. The standard InChI is InChI=1S/C15H19N3O3S/c1-10(12-3-2-7-21-12)17-13(19)4-6-18-9-16-14-11(15(18)20)5-8-22-14/h5,8-10,12H,2-4,6-7H2,1H3,(H,17,19)/t10-,12+/m0/s1. The van der Waals surface area contributed by atoms with Crippen molar-refractivity contribution >= 4 is 27.5 Å². The van der Waals surface area contributed by atoms with E-state index >= 15 is 0 Å². The second-order valence-corrected chi connectivity index (χ2v) is 6.43. The molecule has 2 aromatic heterocycles. The van der Waals surface area contributed by atoms with E-state index in [2.05, 4.69) is 10.3 Å². The van der Waals surface area contributed by atoms with Crippen LogP contribution in [0.25, 0.3) is 10.2 Å². The lowest BCUT2D eigenvalue weighted by molar-refractivity contribution is -0.122. The second-order valence-electron chi connectivity index (χ2n) is 5.54. The highest BCUT2D eigenvalue weighted by Crippen LogP contribution is 2.15. The van der Waals surface area contributed by atoms with Crippen LogP contribution in [0.5, 0.6) is 0 Å². The molecule has 7 heteroatoms. The van der Waals surface area contributed by atoms with Gasteiger partial charge in [-0.2, -0.15) is 0 Å². The van der Waals surface area contributed by atoms with Gasteiger partial charge in [-0.1, -0.05) is 0 Å². The summed E-state index contributed by atoms with van der Waals surface area (Å²) in [5, 5.41) is 5.40. The van der Waals surface area contributed by atoms with E-state index in [0.29, 0.717) is 11.9 Å². The number of amides is 1. The van der Waals surface area contributed by atoms with E-state index in [9.17, 15) is 9.59 Å². The van der Waals surface area contributed by atoms with Gasteiger partial charge in [0.15, 0.2) is 0 Å². The molecular weight excluding hydrogens is 302 g/mol. The smallest absolute Gasteiger partial charge is 0.262 e. The molecule has 1 fully saturated rings. The molecule has 118 valence electrons. The number of aromatic nitrogens is 2. The molecule has 1 N–H and O–H groups in total. The van der Waals surface area contributed by atoms with Crippen LogP contribution in [0.1, 0.15) is 26.2 Å². The first-order valence-electron chi connectivity index (χ1n) is 7.49. The zero-order valence-electron chi connectivity index (χ0n) is 12.4. The SMILES string of the molecule is C[C@H](NC(=O)CCn1cnc2sccc2c1=O)[C@H]1CCCO1. The van der Waals surface area contributed by atoms with Crippen molar-refractivity contribution < 1.29 is 9.53 Å². The van der Waals surface area contributed by atoms with Crippen LogP contribution in [0.15, 0.2) is 22.6 Å². The number of nitrogens with one attached hydrogen (secondary N) is 1. The molecule has 2 atom stereocenters. The largest absolute Gasteiger partial charge is 0.376 e. The van der Waals surface area contributed by atoms with Crippen LogP contribution in [0.3, 0.4) is 0 Å². The number of carbonyl (C=O) groups excluding carboxylic acids is 1. The van der Waals surface area contributed by atoms with E-state index in [1.165, 1.54) is 22.2 Å². The molecule has 1 saturated heterocycles. The molecule has 1 aliphatic rings. The van der Waals surface area contributed by atoms with Gasteiger partial charge in [0.2, 0.25) is 5.91 Å². The summed E-state index contributed by atoms with van der Waals surface area (Å²) < 4.78 is 7.05. The van der Waals surface area contributed by atoms with Gasteiger partial charge in [-0.25, -0.2) is 4.98 Å². The number of nitrogens with zero attached hydrogens (tertiary/aromatic N) is 2. The first-order chi connectivity index (χ1) is 10.6. The van der Waals surface area contributed by atoms with Gasteiger partial charge in [0.1, 0.15) is 4.83 Å². The fraction of sp³-hybridized carbons (Fsp3) is 0.533. The second kappa shape index (κ2) is 6.58. The lowest BCUT2D eigenvalue weighted by atomic mass is 10.1. The maximum absolute atomic E-state index is 12.2. The first kappa shape index (κ1) is 15.2. The summed E-state index contributed by atoms with van der Waals surface area (Å²) in [6.45, 7) is 3.06. The third kappa shape index (κ3) is 3.20. The van der Waals surface area contributed by atoms with E-state index in [-0.39, 0.29) is 30.0 Å². The number of fused-ring (bicyclic) bond motifs is 1. The molecular formula is C15H19N3O3S. The Morgan fingerprint density at radius 2 is 2.50 bits per heavy atom. The van der Waals surface area contributed by atoms with Crippen LogP contribution >= 0.6 is 11.3 Å². The quantitative estimate of drug-likeness (QED) is 0.906. The molecule has 0 unspecified atom stereocenters. The topological polar surface area (TPSA) is 73.2 Å². The summed E-state index contributed by atoms with van der Waals surface area (Å²) in [6, 6.07) is 1.77. The zero-order chi connectivity index (χ0) is 15.5. The predicted octanol–water partition coefficient (Wildman–Crippen LogP) is 1.53. The highest BCUT2D eigenvalue weighted by atomic mass is 32.1. The van der Waals surface area contributed by atoms with Crippen molar-refractivity contribution in [3.05, 3.63) is 28.1 Å². The van der Waals surface area contributed by atoms with Crippen LogP contribution in [0.4, 0.5) is 0 Å². The molecule has 3 rings (SSSR count). The Labute approximate surface area is 132 Å². The first-order valence-corrected chi connectivity index (χ1v) is 8.37. The summed E-state index contributed by atoms with van der Waals surface area (Å²) in [4.78, 5) is 29.2. The van der Waals surface area contributed by atoms with Gasteiger partial charge in [-0.15, -0.1) is 11.3 Å². The van der Waals surface area contributed by atoms with Crippen LogP contribution in [-0.4, -0.2) is 34.2 Å². The summed E-state index contributed by atoms with van der Waals surface area (Å²) in [7, 11) is 0. The summed E-state index contributed by atoms with van der Waals surface area (Å²) in [5.74, 6) is -0.0692. The predicted molar refractivity (Wildman–Crippen MR) is 85.1 cm³/mol. The Bertz CT molecular complexity index is 718. The third-order valence-electron chi connectivity index (χ3n) is 3.94. The summed E-state index contributed by atoms with van der Waals surface area (Å²) >= 11 is 1.44. The lowest BCUT2D eigenvalue weighted by Crippen LogP contribution is -2.41. The highest BCUT2D eigenvalue weighted by molar-refractivity contribution is 7.16. The van der Waals surface area contributed by atoms with E-state index in [4.69, 9.17) is 4.74 Å². The number of thiophene rings is 1. The summed E-state index contributed by atoms with van der Waals surface area (Å²) in [5.41, 5.74) is -0.0915. The number of carbonyl (C=O) groups is 1. The Hall–Kier alpha value is -1.73. The molecule has 0 spiro atoms. The number of aryl methyl sites for hydroxylation is 1. The minimum absolute atomic E-state index is 0.00389. The Kier molecular flexibility index (Phi) is 4.54. The van der Waals surface area contributed by atoms with Crippen molar-refractivity contribution in [3.63, 3.8) is 0 Å². The van der Waals surface area contributed by atoms with Crippen molar-refractivity contribution in [2.75, 3.05) is 6.61 Å². The van der Waals surface area contributed by atoms with E-state index < -0.39 is 0 Å². The van der Waals surface area contributed by atoms with Gasteiger partial charge in [0.05, 0.1) is 23.9 Å². The minimum Gasteiger partial charge on any atom is -0.376 e. The van der Waals surface area contributed by atoms with Gasteiger partial charge in [-0.05, 0) is 31.2 Å². The Balaban J connectivity index is 1.57. The molecule has 1 amide bonds. The molecule has 1 aliphatic heterocycles. The molecule has 0 radical (unpaired) electrons. The monoisotopic (exact) mass is 321 g/mol. The van der Waals surface area contributed by atoms with Crippen molar-refractivity contribution in [2.45, 2.75) is 44.9 Å². The van der Waals surface area contributed by atoms with Gasteiger partial charge >= 0.3 is 0 Å². The third-order valence-corrected chi connectivity index (χ3v) is 4.76. The zero-order valence-corrected chi connectivity index (χ0v) is 13.3. The Morgan fingerprint density at radius 1 is 1.64 bits per heavy atom. The van der Waals surface area contributed by atoms with E-state index in [1.807, 2.05) is 12.3 Å². The fourth-order valence-corrected chi connectivity index (χ4v) is 3.41. The summed E-state index contributed by atoms with van der Waals surface area (Å²) in [6.07, 6.45) is 3.91.